The van der Waals surface area contributed by atoms with E-state index in [-0.39, 0.29) is 13.1 Å². The summed E-state index contributed by atoms with van der Waals surface area (Å²) in [6.45, 7) is -0.980. The number of hydrogen-bond donors (Lipinski definition) is 3. The number of alkyl halides is 3. The summed E-state index contributed by atoms with van der Waals surface area (Å²) in [5, 5.41) is 3.76. The maximum atomic E-state index is 11.5. The van der Waals surface area contributed by atoms with Gasteiger partial charge >= 0.3 is 12.2 Å². The fourth-order valence-corrected chi connectivity index (χ4v) is 0.429. The van der Waals surface area contributed by atoms with Crippen molar-refractivity contribution in [1.82, 2.24) is 10.6 Å². The van der Waals surface area contributed by atoms with Crippen LogP contribution in [0.3, 0.4) is 0 Å². The number of amides is 2. The lowest BCUT2D eigenvalue weighted by Gasteiger charge is -2.08. The Balaban J connectivity index is 3.44. The summed E-state index contributed by atoms with van der Waals surface area (Å²) in [4.78, 5) is 10.5. The lowest BCUT2D eigenvalue weighted by molar-refractivity contribution is -0.122. The normalized spacial score (nSPS) is 11.0. The molecule has 4 nitrogen and oxygen atoms in total. The second-order valence-corrected chi connectivity index (χ2v) is 2.01. The Labute approximate surface area is 67.3 Å². The molecule has 0 aromatic heterocycles. The second-order valence-electron chi connectivity index (χ2n) is 2.01. The van der Waals surface area contributed by atoms with Crippen molar-refractivity contribution in [3.8, 4) is 0 Å². The molecule has 4 N–H and O–H groups in total. The lowest BCUT2D eigenvalue weighted by Crippen LogP contribution is -2.42. The Morgan fingerprint density at radius 2 is 1.92 bits per heavy atom. The van der Waals surface area contributed by atoms with Crippen LogP contribution in [0.2, 0.25) is 0 Å². The van der Waals surface area contributed by atoms with Crippen molar-refractivity contribution < 1.29 is 18.0 Å². The Bertz CT molecular complexity index is 147. The lowest BCUT2D eigenvalue weighted by atomic mass is 10.6. The molecule has 0 aliphatic heterocycles. The third-order valence-corrected chi connectivity index (χ3v) is 0.879. The van der Waals surface area contributed by atoms with Crippen LogP contribution in [0.4, 0.5) is 18.0 Å². The number of nitrogens with one attached hydrogen (secondary N) is 2. The largest absolute Gasteiger partial charge is 0.405 e. The summed E-state index contributed by atoms with van der Waals surface area (Å²) in [6, 6.07) is -0.863. The topological polar surface area (TPSA) is 67.1 Å². The van der Waals surface area contributed by atoms with Crippen LogP contribution in [0.1, 0.15) is 0 Å². The van der Waals surface area contributed by atoms with Crippen LogP contribution in [0.15, 0.2) is 0 Å². The van der Waals surface area contributed by atoms with Gasteiger partial charge in [-0.2, -0.15) is 13.2 Å². The Morgan fingerprint density at radius 1 is 1.33 bits per heavy atom. The SMILES string of the molecule is NCCNC(=O)NCC(F)(F)F. The van der Waals surface area contributed by atoms with E-state index in [1.54, 1.807) is 5.32 Å². The predicted molar refractivity (Wildman–Crippen MR) is 36.5 cm³/mol. The van der Waals surface area contributed by atoms with Crippen LogP contribution in [0.5, 0.6) is 0 Å². The summed E-state index contributed by atoms with van der Waals surface area (Å²) in [7, 11) is 0. The van der Waals surface area contributed by atoms with Crippen molar-refractivity contribution in [2.75, 3.05) is 19.6 Å². The summed E-state index contributed by atoms with van der Waals surface area (Å²) in [5.74, 6) is 0. The molecule has 0 rings (SSSR count). The van der Waals surface area contributed by atoms with E-state index in [1.165, 1.54) is 0 Å². The minimum atomic E-state index is -4.37. The van der Waals surface area contributed by atoms with Crippen molar-refractivity contribution in [3.63, 3.8) is 0 Å². The summed E-state index contributed by atoms with van der Waals surface area (Å²) in [5.41, 5.74) is 4.99. The number of halogens is 3. The van der Waals surface area contributed by atoms with Crippen molar-refractivity contribution in [2.45, 2.75) is 6.18 Å². The first-order chi connectivity index (χ1) is 5.45. The fraction of sp³-hybridized carbons (Fsp3) is 0.800. The molecule has 0 fully saturated rings. The van der Waals surface area contributed by atoms with E-state index in [1.807, 2.05) is 0 Å². The number of carbonyl (C=O) groups excluding carboxylic acids is 1. The third-order valence-electron chi connectivity index (χ3n) is 0.879. The third kappa shape index (κ3) is 7.13. The Hall–Kier alpha value is -0.980. The molecular weight excluding hydrogens is 175 g/mol. The molecular formula is C5H10F3N3O. The summed E-state index contributed by atoms with van der Waals surface area (Å²) < 4.78 is 34.4. The molecule has 7 heteroatoms. The van der Waals surface area contributed by atoms with E-state index in [0.717, 1.165) is 0 Å². The average molecular weight is 185 g/mol. The minimum Gasteiger partial charge on any atom is -0.337 e. The number of hydrogen-bond acceptors (Lipinski definition) is 2. The van der Waals surface area contributed by atoms with Crippen LogP contribution >= 0.6 is 0 Å². The van der Waals surface area contributed by atoms with Gasteiger partial charge in [-0.1, -0.05) is 0 Å². The molecule has 0 spiro atoms. The first-order valence-electron chi connectivity index (χ1n) is 3.24. The molecule has 72 valence electrons. The molecule has 0 radical (unpaired) electrons. The highest BCUT2D eigenvalue weighted by Crippen LogP contribution is 2.11. The van der Waals surface area contributed by atoms with Gasteiger partial charge in [0.25, 0.3) is 0 Å². The smallest absolute Gasteiger partial charge is 0.337 e. The highest BCUT2D eigenvalue weighted by atomic mass is 19.4. The van der Waals surface area contributed by atoms with Gasteiger partial charge in [0, 0.05) is 13.1 Å². The van der Waals surface area contributed by atoms with Crippen LogP contribution in [-0.4, -0.2) is 31.8 Å². The van der Waals surface area contributed by atoms with E-state index in [2.05, 4.69) is 5.32 Å². The zero-order chi connectivity index (χ0) is 9.61. The zero-order valence-corrected chi connectivity index (χ0v) is 6.24. The van der Waals surface area contributed by atoms with Crippen molar-refractivity contribution in [1.29, 1.82) is 0 Å². The summed E-state index contributed by atoms with van der Waals surface area (Å²) in [6.07, 6.45) is -4.37. The van der Waals surface area contributed by atoms with E-state index >= 15 is 0 Å². The van der Waals surface area contributed by atoms with Crippen LogP contribution in [0, 0.1) is 0 Å². The molecule has 0 bridgehead atoms. The van der Waals surface area contributed by atoms with E-state index in [0.29, 0.717) is 0 Å². The highest BCUT2D eigenvalue weighted by Gasteiger charge is 2.27. The molecule has 0 saturated carbocycles. The Kier molecular flexibility index (Phi) is 4.42. The van der Waals surface area contributed by atoms with Gasteiger partial charge in [0.2, 0.25) is 0 Å². The molecule has 12 heavy (non-hydrogen) atoms. The van der Waals surface area contributed by atoms with Gasteiger partial charge in [0.15, 0.2) is 0 Å². The van der Waals surface area contributed by atoms with E-state index in [9.17, 15) is 18.0 Å². The van der Waals surface area contributed by atoms with E-state index < -0.39 is 18.8 Å². The molecule has 0 aliphatic rings. The Morgan fingerprint density at radius 3 is 2.33 bits per heavy atom. The minimum absolute atomic E-state index is 0.156. The monoisotopic (exact) mass is 185 g/mol. The van der Waals surface area contributed by atoms with Crippen molar-refractivity contribution in [3.05, 3.63) is 0 Å². The predicted octanol–water partition coefficient (Wildman–Crippen LogP) is -0.193. The maximum absolute atomic E-state index is 11.5. The van der Waals surface area contributed by atoms with Gasteiger partial charge in [-0.25, -0.2) is 4.79 Å². The van der Waals surface area contributed by atoms with Gasteiger partial charge in [0.1, 0.15) is 6.54 Å². The first kappa shape index (κ1) is 11.0. The zero-order valence-electron chi connectivity index (χ0n) is 6.24. The second kappa shape index (κ2) is 4.81. The molecule has 0 aromatic rings. The fourth-order valence-electron chi connectivity index (χ4n) is 0.429. The summed E-state index contributed by atoms with van der Waals surface area (Å²) >= 11 is 0. The molecule has 0 saturated heterocycles. The molecule has 0 aromatic carbocycles. The standard InChI is InChI=1S/C5H10F3N3O/c6-5(7,8)3-11-4(12)10-2-1-9/h1-3,9H2,(H2,10,11,12). The highest BCUT2D eigenvalue weighted by molar-refractivity contribution is 5.73. The van der Waals surface area contributed by atoms with Crippen LogP contribution in [0.25, 0.3) is 0 Å². The molecule has 0 heterocycles. The molecule has 0 unspecified atom stereocenters. The van der Waals surface area contributed by atoms with Crippen LogP contribution in [-0.2, 0) is 0 Å². The van der Waals surface area contributed by atoms with E-state index in [4.69, 9.17) is 5.73 Å². The maximum Gasteiger partial charge on any atom is 0.405 e. The quantitative estimate of drug-likeness (QED) is 0.570. The molecule has 0 aliphatic carbocycles. The number of nitrogens with two attached hydrogens (primary N) is 1. The van der Waals surface area contributed by atoms with Gasteiger partial charge in [0.05, 0.1) is 0 Å². The van der Waals surface area contributed by atoms with Crippen molar-refractivity contribution in [2.24, 2.45) is 5.73 Å². The van der Waals surface area contributed by atoms with Crippen molar-refractivity contribution >= 4 is 6.03 Å². The van der Waals surface area contributed by atoms with Gasteiger partial charge in [-0.3, -0.25) is 0 Å². The molecule has 0 atom stereocenters. The van der Waals surface area contributed by atoms with Gasteiger partial charge in [-0.05, 0) is 0 Å². The number of urea groups is 1. The van der Waals surface area contributed by atoms with Gasteiger partial charge in [-0.15, -0.1) is 0 Å². The first-order valence-corrected chi connectivity index (χ1v) is 3.24. The van der Waals surface area contributed by atoms with Gasteiger partial charge < -0.3 is 16.4 Å². The number of rotatable bonds is 3. The number of carbonyl (C=O) groups is 1. The van der Waals surface area contributed by atoms with Crippen LogP contribution < -0.4 is 16.4 Å². The average Bonchev–Trinajstić information content (AvgIpc) is 1.95. The molecule has 2 amide bonds.